The SMILES string of the molecule is C(=C1CCCCC1)[S+](c1ccccc1)c1ccccc1.F[B-](F)(F)F. The van der Waals surface area contributed by atoms with Crippen molar-refractivity contribution in [2.75, 3.05) is 0 Å². The number of rotatable bonds is 3. The summed E-state index contributed by atoms with van der Waals surface area (Å²) in [5.74, 6) is 0. The number of benzene rings is 2. The van der Waals surface area contributed by atoms with Crippen molar-refractivity contribution in [1.29, 1.82) is 0 Å². The van der Waals surface area contributed by atoms with E-state index in [0.29, 0.717) is 0 Å². The Hall–Kier alpha value is -1.69. The predicted octanol–water partition coefficient (Wildman–Crippen LogP) is 6.87. The van der Waals surface area contributed by atoms with Crippen molar-refractivity contribution < 1.29 is 17.3 Å². The van der Waals surface area contributed by atoms with Crippen LogP contribution in [0.4, 0.5) is 17.3 Å². The van der Waals surface area contributed by atoms with Gasteiger partial charge >= 0.3 is 7.25 Å². The quantitative estimate of drug-likeness (QED) is 0.315. The normalized spacial score (nSPS) is 14.7. The first-order chi connectivity index (χ1) is 11.9. The van der Waals surface area contributed by atoms with Gasteiger partial charge in [-0.05, 0) is 55.5 Å². The molecule has 0 N–H and O–H groups in total. The van der Waals surface area contributed by atoms with Gasteiger partial charge in [-0.3, -0.25) is 0 Å². The van der Waals surface area contributed by atoms with Gasteiger partial charge < -0.3 is 17.3 Å². The average Bonchev–Trinajstić information content (AvgIpc) is 2.61. The van der Waals surface area contributed by atoms with Gasteiger partial charge in [-0.1, -0.05) is 42.8 Å². The van der Waals surface area contributed by atoms with Crippen LogP contribution in [0.25, 0.3) is 0 Å². The summed E-state index contributed by atoms with van der Waals surface area (Å²) in [5.41, 5.74) is 1.66. The van der Waals surface area contributed by atoms with Crippen molar-refractivity contribution in [2.45, 2.75) is 41.9 Å². The molecule has 0 unspecified atom stereocenters. The summed E-state index contributed by atoms with van der Waals surface area (Å²) in [6.45, 7) is 0. The molecule has 0 amide bonds. The lowest BCUT2D eigenvalue weighted by molar-refractivity contribution is 0.368. The smallest absolute Gasteiger partial charge is 0.418 e. The lowest BCUT2D eigenvalue weighted by Gasteiger charge is -2.13. The summed E-state index contributed by atoms with van der Waals surface area (Å²) in [7, 11) is -5.91. The molecular formula is C19H21BF4S. The fourth-order valence-electron chi connectivity index (χ4n) is 2.70. The van der Waals surface area contributed by atoms with Crippen LogP contribution >= 0.6 is 0 Å². The second kappa shape index (κ2) is 9.71. The molecule has 0 atom stereocenters. The number of allylic oxidation sites excluding steroid dienone is 1. The highest BCUT2D eigenvalue weighted by molar-refractivity contribution is 7.99. The van der Waals surface area contributed by atoms with Crippen molar-refractivity contribution in [3.05, 3.63) is 71.6 Å². The van der Waals surface area contributed by atoms with Crippen LogP contribution in [0.2, 0.25) is 0 Å². The summed E-state index contributed by atoms with van der Waals surface area (Å²) >= 11 is 0. The zero-order valence-electron chi connectivity index (χ0n) is 13.9. The summed E-state index contributed by atoms with van der Waals surface area (Å²) in [5, 5.41) is 2.55. The standard InChI is InChI=1S/C19H21S.BF4/c1-4-10-17(11-5-1)16-20(18-12-6-2-7-13-18)19-14-8-3-9-15-19;2-1(3,4)5/h2-3,6-9,12-16H,1,4-5,10-11H2;/q+1;-1. The molecule has 1 aliphatic carbocycles. The third-order valence-corrected chi connectivity index (χ3v) is 5.90. The molecule has 3 rings (SSSR count). The molecule has 0 bridgehead atoms. The Bertz CT molecular complexity index is 603. The Balaban J connectivity index is 0.000000399. The van der Waals surface area contributed by atoms with Crippen LogP contribution in [0.5, 0.6) is 0 Å². The molecular weight excluding hydrogens is 347 g/mol. The molecule has 25 heavy (non-hydrogen) atoms. The highest BCUT2D eigenvalue weighted by Gasteiger charge is 2.24. The van der Waals surface area contributed by atoms with E-state index in [9.17, 15) is 17.3 Å². The summed E-state index contributed by atoms with van der Waals surface area (Å²) in [6.07, 6.45) is 6.73. The van der Waals surface area contributed by atoms with Crippen LogP contribution in [-0.2, 0) is 10.9 Å². The summed E-state index contributed by atoms with van der Waals surface area (Å²) in [4.78, 5) is 2.86. The van der Waals surface area contributed by atoms with Gasteiger partial charge in [-0.15, -0.1) is 0 Å². The molecule has 0 radical (unpaired) electrons. The molecule has 1 aliphatic rings. The first-order valence-electron chi connectivity index (χ1n) is 8.33. The van der Waals surface area contributed by atoms with E-state index in [2.05, 4.69) is 66.1 Å². The van der Waals surface area contributed by atoms with E-state index in [1.807, 2.05) is 0 Å². The maximum Gasteiger partial charge on any atom is 0.673 e. The molecule has 2 aromatic carbocycles. The van der Waals surface area contributed by atoms with E-state index in [-0.39, 0.29) is 10.9 Å². The van der Waals surface area contributed by atoms with Gasteiger partial charge in [-0.25, -0.2) is 0 Å². The molecule has 6 heteroatoms. The minimum Gasteiger partial charge on any atom is -0.418 e. The summed E-state index contributed by atoms with van der Waals surface area (Å²) < 4.78 is 39.0. The van der Waals surface area contributed by atoms with E-state index in [4.69, 9.17) is 0 Å². The Morgan fingerprint density at radius 2 is 1.08 bits per heavy atom. The Morgan fingerprint density at radius 3 is 1.48 bits per heavy atom. The van der Waals surface area contributed by atoms with Gasteiger partial charge in [0.1, 0.15) is 5.41 Å². The van der Waals surface area contributed by atoms with Crippen molar-refractivity contribution >= 4 is 18.1 Å². The number of halogens is 4. The van der Waals surface area contributed by atoms with Crippen molar-refractivity contribution in [3.8, 4) is 0 Å². The van der Waals surface area contributed by atoms with Crippen molar-refractivity contribution in [2.24, 2.45) is 0 Å². The van der Waals surface area contributed by atoms with Gasteiger partial charge in [0, 0.05) is 0 Å². The molecule has 0 nitrogen and oxygen atoms in total. The predicted molar refractivity (Wildman–Crippen MR) is 98.1 cm³/mol. The minimum absolute atomic E-state index is 0.0892. The van der Waals surface area contributed by atoms with E-state index >= 15 is 0 Å². The fourth-order valence-corrected chi connectivity index (χ4v) is 4.71. The molecule has 134 valence electrons. The second-order valence-corrected chi connectivity index (χ2v) is 7.65. The lowest BCUT2D eigenvalue weighted by Crippen LogP contribution is -2.03. The van der Waals surface area contributed by atoms with Crippen LogP contribution in [0.1, 0.15) is 32.1 Å². The number of hydrogen-bond acceptors (Lipinski definition) is 0. The maximum absolute atomic E-state index is 9.75. The van der Waals surface area contributed by atoms with E-state index in [1.54, 1.807) is 5.57 Å². The zero-order chi connectivity index (χ0) is 18.1. The number of hydrogen-bond donors (Lipinski definition) is 0. The largest absolute Gasteiger partial charge is 0.673 e. The summed E-state index contributed by atoms with van der Waals surface area (Å²) in [6, 6.07) is 21.8. The molecule has 1 fully saturated rings. The second-order valence-electron chi connectivity index (χ2n) is 5.80. The molecule has 0 aromatic heterocycles. The molecule has 0 saturated heterocycles. The maximum atomic E-state index is 9.75. The highest BCUT2D eigenvalue weighted by atomic mass is 32.2. The highest BCUT2D eigenvalue weighted by Crippen LogP contribution is 2.30. The van der Waals surface area contributed by atoms with E-state index < -0.39 is 7.25 Å². The third-order valence-electron chi connectivity index (χ3n) is 3.77. The lowest BCUT2D eigenvalue weighted by atomic mass is 9.96. The van der Waals surface area contributed by atoms with Crippen LogP contribution in [-0.4, -0.2) is 7.25 Å². The Kier molecular flexibility index (Phi) is 7.63. The Morgan fingerprint density at radius 1 is 0.680 bits per heavy atom. The Labute approximate surface area is 149 Å². The van der Waals surface area contributed by atoms with Gasteiger partial charge in [0.25, 0.3) is 0 Å². The third kappa shape index (κ3) is 7.82. The first-order valence-corrected chi connectivity index (χ1v) is 9.62. The van der Waals surface area contributed by atoms with E-state index in [1.165, 1.54) is 41.9 Å². The zero-order valence-corrected chi connectivity index (χ0v) is 14.7. The van der Waals surface area contributed by atoms with Crippen LogP contribution in [0.3, 0.4) is 0 Å². The van der Waals surface area contributed by atoms with Gasteiger partial charge in [0.05, 0.1) is 10.9 Å². The molecule has 2 aromatic rings. The van der Waals surface area contributed by atoms with Crippen LogP contribution in [0.15, 0.2) is 81.4 Å². The monoisotopic (exact) mass is 368 g/mol. The van der Waals surface area contributed by atoms with Crippen molar-refractivity contribution in [3.63, 3.8) is 0 Å². The first kappa shape index (κ1) is 19.6. The van der Waals surface area contributed by atoms with Crippen molar-refractivity contribution in [1.82, 2.24) is 0 Å². The molecule has 1 saturated carbocycles. The van der Waals surface area contributed by atoms with Crippen LogP contribution < -0.4 is 0 Å². The minimum atomic E-state index is -6.00. The average molecular weight is 368 g/mol. The topological polar surface area (TPSA) is 0 Å². The van der Waals surface area contributed by atoms with Gasteiger partial charge in [0.2, 0.25) is 0 Å². The van der Waals surface area contributed by atoms with Gasteiger partial charge in [0.15, 0.2) is 9.79 Å². The fraction of sp³-hybridized carbons (Fsp3) is 0.263. The van der Waals surface area contributed by atoms with E-state index in [0.717, 1.165) is 0 Å². The van der Waals surface area contributed by atoms with Gasteiger partial charge in [-0.2, -0.15) is 0 Å². The van der Waals surface area contributed by atoms with Crippen LogP contribution in [0, 0.1) is 0 Å². The molecule has 0 aliphatic heterocycles. The molecule has 0 heterocycles. The molecule has 0 spiro atoms.